The zero-order valence-corrected chi connectivity index (χ0v) is 10.8. The van der Waals surface area contributed by atoms with Gasteiger partial charge in [0, 0.05) is 0 Å². The lowest BCUT2D eigenvalue weighted by Crippen LogP contribution is -2.09. The van der Waals surface area contributed by atoms with Crippen molar-refractivity contribution < 1.29 is 13.9 Å². The molecule has 0 saturated heterocycles. The number of nitrogen functional groups attached to an aromatic ring is 1. The fraction of sp³-hybridized carbons (Fsp3) is 0.167. The molecule has 0 bridgehead atoms. The average Bonchev–Trinajstić information content (AvgIpc) is 2.75. The fourth-order valence-electron chi connectivity index (χ4n) is 1.56. The predicted octanol–water partition coefficient (Wildman–Crippen LogP) is 2.42. The van der Waals surface area contributed by atoms with Crippen LogP contribution in [0.4, 0.5) is 10.2 Å². The standard InChI is InChI=1S/C12H11ClFN3O2/c1-2-19-12(18)10-11(15)17(6-16-10)7-3-4-8(13)9(14)5-7/h3-6H,2,15H2,1H3. The highest BCUT2D eigenvalue weighted by Crippen LogP contribution is 2.22. The van der Waals surface area contributed by atoms with Crippen molar-refractivity contribution in [3.05, 3.63) is 41.1 Å². The molecule has 2 aromatic rings. The first-order valence-electron chi connectivity index (χ1n) is 5.50. The van der Waals surface area contributed by atoms with Crippen molar-refractivity contribution in [2.45, 2.75) is 6.92 Å². The lowest BCUT2D eigenvalue weighted by molar-refractivity contribution is 0.0521. The molecule has 0 unspecified atom stereocenters. The molecule has 0 aliphatic carbocycles. The number of nitrogens with two attached hydrogens (primary N) is 1. The van der Waals surface area contributed by atoms with Gasteiger partial charge >= 0.3 is 5.97 Å². The van der Waals surface area contributed by atoms with Crippen LogP contribution in [0.2, 0.25) is 5.02 Å². The van der Waals surface area contributed by atoms with Crippen LogP contribution in [0, 0.1) is 5.82 Å². The summed E-state index contributed by atoms with van der Waals surface area (Å²) in [4.78, 5) is 15.4. The zero-order valence-electron chi connectivity index (χ0n) is 10.1. The number of carbonyl (C=O) groups excluding carboxylic acids is 1. The number of ether oxygens (including phenoxy) is 1. The first kappa shape index (κ1) is 13.4. The molecule has 0 aliphatic heterocycles. The Labute approximate surface area is 113 Å². The first-order valence-corrected chi connectivity index (χ1v) is 5.87. The van der Waals surface area contributed by atoms with Gasteiger partial charge in [-0.1, -0.05) is 11.6 Å². The van der Waals surface area contributed by atoms with Gasteiger partial charge in [-0.05, 0) is 25.1 Å². The molecule has 0 saturated carbocycles. The van der Waals surface area contributed by atoms with Crippen LogP contribution < -0.4 is 5.73 Å². The molecule has 1 heterocycles. The van der Waals surface area contributed by atoms with Crippen molar-refractivity contribution in [2.75, 3.05) is 12.3 Å². The van der Waals surface area contributed by atoms with Crippen molar-refractivity contribution in [3.63, 3.8) is 0 Å². The summed E-state index contributed by atoms with van der Waals surface area (Å²) in [5.41, 5.74) is 6.22. The van der Waals surface area contributed by atoms with Gasteiger partial charge in [0.2, 0.25) is 0 Å². The van der Waals surface area contributed by atoms with E-state index >= 15 is 0 Å². The SMILES string of the molecule is CCOC(=O)c1ncn(-c2ccc(Cl)c(F)c2)c1N. The molecule has 2 rings (SSSR count). The minimum Gasteiger partial charge on any atom is -0.461 e. The second-order valence-electron chi connectivity index (χ2n) is 3.67. The van der Waals surface area contributed by atoms with E-state index in [0.29, 0.717) is 5.69 Å². The summed E-state index contributed by atoms with van der Waals surface area (Å²) >= 11 is 5.60. The number of benzene rings is 1. The van der Waals surface area contributed by atoms with Crippen molar-refractivity contribution in [1.82, 2.24) is 9.55 Å². The number of halogens is 2. The van der Waals surface area contributed by atoms with Crippen LogP contribution in [0.15, 0.2) is 24.5 Å². The lowest BCUT2D eigenvalue weighted by atomic mass is 10.3. The highest BCUT2D eigenvalue weighted by molar-refractivity contribution is 6.30. The van der Waals surface area contributed by atoms with E-state index in [9.17, 15) is 9.18 Å². The van der Waals surface area contributed by atoms with Crippen molar-refractivity contribution >= 4 is 23.4 Å². The van der Waals surface area contributed by atoms with Crippen molar-refractivity contribution in [2.24, 2.45) is 0 Å². The quantitative estimate of drug-likeness (QED) is 0.878. The summed E-state index contributed by atoms with van der Waals surface area (Å²) in [6.07, 6.45) is 1.32. The van der Waals surface area contributed by atoms with Crippen LogP contribution in [-0.4, -0.2) is 22.1 Å². The van der Waals surface area contributed by atoms with E-state index in [-0.39, 0.29) is 23.1 Å². The third-order valence-electron chi connectivity index (χ3n) is 2.45. The van der Waals surface area contributed by atoms with E-state index < -0.39 is 11.8 Å². The molecular weight excluding hydrogens is 273 g/mol. The van der Waals surface area contributed by atoms with E-state index in [2.05, 4.69) is 4.98 Å². The van der Waals surface area contributed by atoms with Gasteiger partial charge in [-0.3, -0.25) is 4.57 Å². The Hall–Kier alpha value is -2.08. The van der Waals surface area contributed by atoms with Gasteiger partial charge in [-0.25, -0.2) is 14.2 Å². The maximum absolute atomic E-state index is 13.4. The van der Waals surface area contributed by atoms with Crippen LogP contribution in [0.25, 0.3) is 5.69 Å². The van der Waals surface area contributed by atoms with Gasteiger partial charge in [-0.2, -0.15) is 0 Å². The number of hydrogen-bond donors (Lipinski definition) is 1. The molecule has 0 aliphatic rings. The Kier molecular flexibility index (Phi) is 3.71. The molecular formula is C12H11ClFN3O2. The number of imidazole rings is 1. The van der Waals surface area contributed by atoms with Gasteiger partial charge in [-0.15, -0.1) is 0 Å². The number of carbonyl (C=O) groups is 1. The lowest BCUT2D eigenvalue weighted by Gasteiger charge is -2.06. The summed E-state index contributed by atoms with van der Waals surface area (Å²) in [6, 6.07) is 4.17. The Morgan fingerprint density at radius 1 is 1.58 bits per heavy atom. The molecule has 0 spiro atoms. The van der Waals surface area contributed by atoms with E-state index in [1.807, 2.05) is 0 Å². The van der Waals surface area contributed by atoms with Crippen LogP contribution in [0.1, 0.15) is 17.4 Å². The van der Waals surface area contributed by atoms with Crippen LogP contribution in [0.5, 0.6) is 0 Å². The molecule has 7 heteroatoms. The topological polar surface area (TPSA) is 70.1 Å². The van der Waals surface area contributed by atoms with Gasteiger partial charge in [0.15, 0.2) is 5.69 Å². The molecule has 1 aromatic carbocycles. The summed E-state index contributed by atoms with van der Waals surface area (Å²) in [5, 5.41) is 0.00746. The normalized spacial score (nSPS) is 10.5. The third-order valence-corrected chi connectivity index (χ3v) is 2.76. The van der Waals surface area contributed by atoms with Gasteiger partial charge < -0.3 is 10.5 Å². The van der Waals surface area contributed by atoms with Crippen LogP contribution >= 0.6 is 11.6 Å². The van der Waals surface area contributed by atoms with Gasteiger partial charge in [0.1, 0.15) is 18.0 Å². The average molecular weight is 284 g/mol. The Morgan fingerprint density at radius 3 is 2.95 bits per heavy atom. The van der Waals surface area contributed by atoms with Gasteiger partial charge in [0.05, 0.1) is 17.3 Å². The van der Waals surface area contributed by atoms with Crippen molar-refractivity contribution in [1.29, 1.82) is 0 Å². The smallest absolute Gasteiger partial charge is 0.360 e. The highest BCUT2D eigenvalue weighted by Gasteiger charge is 2.17. The van der Waals surface area contributed by atoms with Crippen molar-refractivity contribution in [3.8, 4) is 5.69 Å². The molecule has 0 atom stereocenters. The molecule has 0 radical (unpaired) electrons. The maximum Gasteiger partial charge on any atom is 0.360 e. The summed E-state index contributed by atoms with van der Waals surface area (Å²) < 4.78 is 19.6. The number of rotatable bonds is 3. The minimum atomic E-state index is -0.617. The van der Waals surface area contributed by atoms with E-state index in [0.717, 1.165) is 0 Å². The molecule has 0 amide bonds. The fourth-order valence-corrected chi connectivity index (χ4v) is 1.67. The highest BCUT2D eigenvalue weighted by atomic mass is 35.5. The number of anilines is 1. The van der Waals surface area contributed by atoms with E-state index in [4.69, 9.17) is 22.1 Å². The van der Waals surface area contributed by atoms with E-state index in [1.54, 1.807) is 13.0 Å². The number of esters is 1. The second-order valence-corrected chi connectivity index (χ2v) is 4.07. The molecule has 5 nitrogen and oxygen atoms in total. The molecule has 2 N–H and O–H groups in total. The van der Waals surface area contributed by atoms with Crippen LogP contribution in [0.3, 0.4) is 0 Å². The molecule has 100 valence electrons. The Morgan fingerprint density at radius 2 is 2.32 bits per heavy atom. The number of hydrogen-bond acceptors (Lipinski definition) is 4. The predicted molar refractivity (Wildman–Crippen MR) is 68.9 cm³/mol. The molecule has 1 aromatic heterocycles. The zero-order chi connectivity index (χ0) is 14.0. The Bertz CT molecular complexity index is 627. The Balaban J connectivity index is 2.41. The monoisotopic (exact) mass is 283 g/mol. The molecule has 0 fully saturated rings. The summed E-state index contributed by atoms with van der Waals surface area (Å²) in [5.74, 6) is -1.11. The molecule has 19 heavy (non-hydrogen) atoms. The first-order chi connectivity index (χ1) is 9.04. The second kappa shape index (κ2) is 5.27. The largest absolute Gasteiger partial charge is 0.461 e. The number of aromatic nitrogens is 2. The number of nitrogens with zero attached hydrogens (tertiary/aromatic N) is 2. The minimum absolute atomic E-state index is 0.00259. The van der Waals surface area contributed by atoms with E-state index in [1.165, 1.54) is 23.0 Å². The summed E-state index contributed by atoms with van der Waals surface area (Å²) in [7, 11) is 0. The maximum atomic E-state index is 13.4. The van der Waals surface area contributed by atoms with Crippen LogP contribution in [-0.2, 0) is 4.74 Å². The summed E-state index contributed by atoms with van der Waals surface area (Å²) in [6.45, 7) is 1.90. The van der Waals surface area contributed by atoms with Gasteiger partial charge in [0.25, 0.3) is 0 Å². The third kappa shape index (κ3) is 2.53.